The van der Waals surface area contributed by atoms with Crippen molar-refractivity contribution in [3.8, 4) is 17.2 Å². The number of carbonyl (C=O) groups excluding carboxylic acids is 1. The quantitative estimate of drug-likeness (QED) is 0.497. The Labute approximate surface area is 181 Å². The van der Waals surface area contributed by atoms with Gasteiger partial charge in [0, 0.05) is 17.3 Å². The molecule has 0 fully saturated rings. The minimum atomic E-state index is -1.24. The van der Waals surface area contributed by atoms with Crippen LogP contribution >= 0.6 is 35.0 Å². The third kappa shape index (κ3) is 4.06. The number of nitriles is 1. The molecular weight excluding hydrogens is 435 g/mol. The van der Waals surface area contributed by atoms with E-state index in [-0.39, 0.29) is 32.4 Å². The van der Waals surface area contributed by atoms with Crippen LogP contribution in [-0.2, 0) is 0 Å². The van der Waals surface area contributed by atoms with Gasteiger partial charge in [-0.1, -0.05) is 65.7 Å². The summed E-state index contributed by atoms with van der Waals surface area (Å²) in [5.41, 5.74) is 1.39. The molecule has 0 aliphatic rings. The normalized spacial score (nSPS) is 10.3. The van der Waals surface area contributed by atoms with E-state index < -0.39 is 11.9 Å². The Hall–Kier alpha value is -3.04. The highest BCUT2D eigenvalue weighted by Gasteiger charge is 2.26. The Morgan fingerprint density at radius 3 is 2.14 bits per heavy atom. The molecular formula is C21H11Cl3N2O3. The molecule has 0 saturated carbocycles. The maximum absolute atomic E-state index is 13.0. The molecule has 0 aliphatic carbocycles. The maximum atomic E-state index is 13.0. The Kier molecular flexibility index (Phi) is 6.09. The molecule has 0 bridgehead atoms. The van der Waals surface area contributed by atoms with Crippen molar-refractivity contribution in [2.24, 2.45) is 0 Å². The maximum Gasteiger partial charge on any atom is 0.335 e. The van der Waals surface area contributed by atoms with Gasteiger partial charge in [-0.15, -0.1) is 0 Å². The van der Waals surface area contributed by atoms with Crippen LogP contribution in [0.3, 0.4) is 0 Å². The number of halogens is 3. The van der Waals surface area contributed by atoms with E-state index in [1.807, 2.05) is 30.3 Å². The first-order valence-electron chi connectivity index (χ1n) is 8.16. The summed E-state index contributed by atoms with van der Waals surface area (Å²) in [6.45, 7) is 0. The third-order valence-electron chi connectivity index (χ3n) is 4.13. The van der Waals surface area contributed by atoms with Gasteiger partial charge in [0.15, 0.2) is 0 Å². The van der Waals surface area contributed by atoms with Crippen molar-refractivity contribution in [3.63, 3.8) is 0 Å². The van der Waals surface area contributed by atoms with Crippen molar-refractivity contribution in [1.29, 1.82) is 5.26 Å². The number of hydrogen-bond acceptors (Lipinski definition) is 3. The fourth-order valence-electron chi connectivity index (χ4n) is 2.79. The number of hydrogen-bond donors (Lipinski definition) is 1. The summed E-state index contributed by atoms with van der Waals surface area (Å²) in [6.07, 6.45) is 0. The summed E-state index contributed by atoms with van der Waals surface area (Å²) < 4.78 is 0.749. The molecule has 0 aliphatic heterocycles. The number of carboxylic acid groups (broad SMARTS) is 1. The summed E-state index contributed by atoms with van der Waals surface area (Å²) in [6, 6.07) is 18.4. The van der Waals surface area contributed by atoms with E-state index in [0.717, 1.165) is 22.1 Å². The topological polar surface area (TPSA) is 81.4 Å². The zero-order valence-corrected chi connectivity index (χ0v) is 16.8. The van der Waals surface area contributed by atoms with Crippen molar-refractivity contribution in [1.82, 2.24) is 0 Å². The molecule has 0 atom stereocenters. The lowest BCUT2D eigenvalue weighted by atomic mass is 9.98. The predicted octanol–water partition coefficient (Wildman–Crippen LogP) is 6.03. The number of nitrogens with zero attached hydrogens (tertiary/aromatic N) is 2. The van der Waals surface area contributed by atoms with E-state index >= 15 is 0 Å². The zero-order chi connectivity index (χ0) is 21.1. The molecule has 0 saturated heterocycles. The molecule has 0 spiro atoms. The minimum absolute atomic E-state index is 0.148. The molecule has 1 N–H and O–H groups in total. The van der Waals surface area contributed by atoms with Gasteiger partial charge in [0.2, 0.25) is 0 Å². The van der Waals surface area contributed by atoms with Crippen LogP contribution in [0.25, 0.3) is 11.1 Å². The van der Waals surface area contributed by atoms with Gasteiger partial charge in [0.05, 0.1) is 32.4 Å². The Morgan fingerprint density at radius 1 is 0.966 bits per heavy atom. The molecule has 29 heavy (non-hydrogen) atoms. The highest BCUT2D eigenvalue weighted by Crippen LogP contribution is 2.35. The summed E-state index contributed by atoms with van der Waals surface area (Å²) in [4.78, 5) is 24.1. The molecule has 1 amide bonds. The first-order valence-corrected chi connectivity index (χ1v) is 9.25. The number of carboxylic acids is 1. The summed E-state index contributed by atoms with van der Waals surface area (Å²) in [5.74, 6) is -2.03. The van der Waals surface area contributed by atoms with Crippen LogP contribution in [0, 0.1) is 11.3 Å². The molecule has 0 aromatic heterocycles. The van der Waals surface area contributed by atoms with Gasteiger partial charge in [-0.25, -0.2) is 9.21 Å². The molecule has 0 radical (unpaired) electrons. The van der Waals surface area contributed by atoms with Gasteiger partial charge in [0.1, 0.15) is 6.07 Å². The predicted molar refractivity (Wildman–Crippen MR) is 113 cm³/mol. The first kappa shape index (κ1) is 20.7. The average molecular weight is 446 g/mol. The van der Waals surface area contributed by atoms with Crippen LogP contribution in [0.1, 0.15) is 26.3 Å². The van der Waals surface area contributed by atoms with E-state index in [0.29, 0.717) is 5.56 Å². The minimum Gasteiger partial charge on any atom is -0.478 e. The third-order valence-corrected chi connectivity index (χ3v) is 5.06. The summed E-state index contributed by atoms with van der Waals surface area (Å²) in [5, 5.41) is 18.5. The lowest BCUT2D eigenvalue weighted by Crippen LogP contribution is -2.23. The number of aromatic carboxylic acids is 1. The number of amides is 1. The zero-order valence-electron chi connectivity index (χ0n) is 14.6. The highest BCUT2D eigenvalue weighted by molar-refractivity contribution is 6.46. The van der Waals surface area contributed by atoms with Gasteiger partial charge in [-0.2, -0.15) is 5.26 Å². The number of anilines is 1. The second-order valence-electron chi connectivity index (χ2n) is 5.88. The molecule has 0 heterocycles. The average Bonchev–Trinajstić information content (AvgIpc) is 2.72. The van der Waals surface area contributed by atoms with E-state index in [1.54, 1.807) is 12.1 Å². The summed E-state index contributed by atoms with van der Waals surface area (Å²) >= 11 is 18.5. The molecule has 3 aromatic rings. The van der Waals surface area contributed by atoms with Crippen LogP contribution in [0.5, 0.6) is 0 Å². The molecule has 3 aromatic carbocycles. The molecule has 144 valence electrons. The molecule has 3 rings (SSSR count). The van der Waals surface area contributed by atoms with E-state index in [9.17, 15) is 14.9 Å². The van der Waals surface area contributed by atoms with Gasteiger partial charge < -0.3 is 5.11 Å². The van der Waals surface area contributed by atoms with E-state index in [2.05, 4.69) is 6.07 Å². The molecule has 0 unspecified atom stereocenters. The van der Waals surface area contributed by atoms with Crippen LogP contribution < -0.4 is 4.42 Å². The van der Waals surface area contributed by atoms with Crippen molar-refractivity contribution < 1.29 is 14.7 Å². The highest BCUT2D eigenvalue weighted by atomic mass is 35.5. The van der Waals surface area contributed by atoms with Gasteiger partial charge in [-0.05, 0) is 23.8 Å². The summed E-state index contributed by atoms with van der Waals surface area (Å²) in [7, 11) is 0. The van der Waals surface area contributed by atoms with Crippen molar-refractivity contribution in [2.45, 2.75) is 0 Å². The van der Waals surface area contributed by atoms with E-state index in [4.69, 9.17) is 40.1 Å². The van der Waals surface area contributed by atoms with Gasteiger partial charge in [0.25, 0.3) is 5.91 Å². The van der Waals surface area contributed by atoms with Crippen LogP contribution in [0.15, 0.2) is 60.7 Å². The second-order valence-corrected chi connectivity index (χ2v) is 7.04. The van der Waals surface area contributed by atoms with Gasteiger partial charge in [-0.3, -0.25) is 4.79 Å². The Bertz CT molecular complexity index is 1130. The largest absolute Gasteiger partial charge is 0.478 e. The number of carbonyl (C=O) groups is 2. The van der Waals surface area contributed by atoms with Gasteiger partial charge >= 0.3 is 5.97 Å². The van der Waals surface area contributed by atoms with Crippen molar-refractivity contribution in [2.75, 3.05) is 4.42 Å². The van der Waals surface area contributed by atoms with Crippen LogP contribution in [0.2, 0.25) is 10.0 Å². The lowest BCUT2D eigenvalue weighted by Gasteiger charge is -2.19. The number of benzene rings is 3. The first-order chi connectivity index (χ1) is 13.8. The lowest BCUT2D eigenvalue weighted by molar-refractivity contribution is 0.0696. The smallest absolute Gasteiger partial charge is 0.335 e. The van der Waals surface area contributed by atoms with Crippen molar-refractivity contribution >= 4 is 52.5 Å². The fraction of sp³-hybridized carbons (Fsp3) is 0. The van der Waals surface area contributed by atoms with Crippen LogP contribution in [-0.4, -0.2) is 17.0 Å². The standard InChI is InChI=1S/C21H11Cl3N2O3/c22-16-9-13(21(28)29)10-17(23)19(16)20(27)26(24)18-8-4-7-14(15(18)11-25)12-5-2-1-3-6-12/h1-10H,(H,28,29). The van der Waals surface area contributed by atoms with Crippen LogP contribution in [0.4, 0.5) is 5.69 Å². The fourth-order valence-corrected chi connectivity index (χ4v) is 3.66. The molecule has 8 heteroatoms. The monoisotopic (exact) mass is 444 g/mol. The van der Waals surface area contributed by atoms with E-state index in [1.165, 1.54) is 6.07 Å². The Balaban J connectivity index is 2.08. The molecule has 5 nitrogen and oxygen atoms in total. The number of rotatable bonds is 4. The van der Waals surface area contributed by atoms with Crippen molar-refractivity contribution in [3.05, 3.63) is 87.4 Å². The Morgan fingerprint density at radius 2 is 1.59 bits per heavy atom. The second kappa shape index (κ2) is 8.54. The SMILES string of the molecule is N#Cc1c(-c2ccccc2)cccc1N(Cl)C(=O)c1c(Cl)cc(C(=O)O)cc1Cl.